The molecule has 0 radical (unpaired) electrons. The Morgan fingerprint density at radius 1 is 1.29 bits per heavy atom. The van der Waals surface area contributed by atoms with Gasteiger partial charge >= 0.3 is 5.97 Å². The molecule has 0 bridgehead atoms. The predicted octanol–water partition coefficient (Wildman–Crippen LogP) is 3.11. The van der Waals surface area contributed by atoms with Gasteiger partial charge in [0.1, 0.15) is 0 Å². The fourth-order valence-corrected chi connectivity index (χ4v) is 1.77. The predicted molar refractivity (Wildman–Crippen MR) is 67.0 cm³/mol. The van der Waals surface area contributed by atoms with Crippen molar-refractivity contribution < 1.29 is 9.53 Å². The van der Waals surface area contributed by atoms with Crippen LogP contribution in [-0.2, 0) is 4.74 Å². The number of carbonyl (C=O) groups excluding carboxylic acids is 1. The van der Waals surface area contributed by atoms with E-state index in [2.05, 4.69) is 4.98 Å². The summed E-state index contributed by atoms with van der Waals surface area (Å²) in [5, 5.41) is 0.846. The number of ether oxygens (including phenoxy) is 1. The van der Waals surface area contributed by atoms with Crippen LogP contribution in [0.15, 0.2) is 30.5 Å². The maximum absolute atomic E-state index is 11.9. The molecule has 0 saturated carbocycles. The molecule has 88 valence electrons. The van der Waals surface area contributed by atoms with Crippen molar-refractivity contribution >= 4 is 16.9 Å². The van der Waals surface area contributed by atoms with E-state index in [1.54, 1.807) is 12.3 Å². The van der Waals surface area contributed by atoms with Crippen molar-refractivity contribution in [1.29, 1.82) is 0 Å². The molecular formula is C14H15NO2. The number of pyridine rings is 1. The SMILES string of the molecule is Cc1ccc(C(=O)OC(C)C)c2cccnc12. The van der Waals surface area contributed by atoms with Crippen LogP contribution >= 0.6 is 0 Å². The molecule has 3 nitrogen and oxygen atoms in total. The molecule has 17 heavy (non-hydrogen) atoms. The Morgan fingerprint density at radius 3 is 2.76 bits per heavy atom. The van der Waals surface area contributed by atoms with E-state index in [4.69, 9.17) is 4.74 Å². The average Bonchev–Trinajstić information content (AvgIpc) is 2.29. The molecule has 0 aliphatic heterocycles. The number of nitrogens with zero attached hydrogens (tertiary/aromatic N) is 1. The van der Waals surface area contributed by atoms with Gasteiger partial charge in [-0.05, 0) is 38.5 Å². The molecule has 1 aromatic heterocycles. The van der Waals surface area contributed by atoms with Crippen molar-refractivity contribution in [3.05, 3.63) is 41.6 Å². The molecular weight excluding hydrogens is 214 g/mol. The molecule has 0 saturated heterocycles. The number of hydrogen-bond acceptors (Lipinski definition) is 3. The first-order valence-electron chi connectivity index (χ1n) is 5.65. The second-order valence-electron chi connectivity index (χ2n) is 4.28. The molecule has 0 unspecified atom stereocenters. The Kier molecular flexibility index (Phi) is 3.09. The Labute approximate surface area is 100 Å². The molecule has 1 aromatic carbocycles. The number of aromatic nitrogens is 1. The summed E-state index contributed by atoms with van der Waals surface area (Å²) in [7, 11) is 0. The first-order valence-corrected chi connectivity index (χ1v) is 5.65. The van der Waals surface area contributed by atoms with E-state index in [9.17, 15) is 4.79 Å². The van der Waals surface area contributed by atoms with E-state index in [0.717, 1.165) is 16.5 Å². The molecule has 0 atom stereocenters. The maximum Gasteiger partial charge on any atom is 0.339 e. The number of esters is 1. The Balaban J connectivity index is 2.55. The van der Waals surface area contributed by atoms with Gasteiger partial charge in [-0.2, -0.15) is 0 Å². The summed E-state index contributed by atoms with van der Waals surface area (Å²) < 4.78 is 5.22. The van der Waals surface area contributed by atoms with Gasteiger partial charge < -0.3 is 4.74 Å². The largest absolute Gasteiger partial charge is 0.459 e. The van der Waals surface area contributed by atoms with Gasteiger partial charge in [0.2, 0.25) is 0 Å². The van der Waals surface area contributed by atoms with Gasteiger partial charge in [0.15, 0.2) is 0 Å². The first-order chi connectivity index (χ1) is 8.09. The van der Waals surface area contributed by atoms with Gasteiger partial charge in [-0.3, -0.25) is 4.98 Å². The summed E-state index contributed by atoms with van der Waals surface area (Å²) in [6.45, 7) is 5.66. The lowest BCUT2D eigenvalue weighted by Gasteiger charge is -2.10. The summed E-state index contributed by atoms with van der Waals surface area (Å²) in [6.07, 6.45) is 1.61. The molecule has 2 aromatic rings. The van der Waals surface area contributed by atoms with Crippen LogP contribution in [0.5, 0.6) is 0 Å². The van der Waals surface area contributed by atoms with Gasteiger partial charge in [-0.25, -0.2) is 4.79 Å². The highest BCUT2D eigenvalue weighted by molar-refractivity contribution is 6.04. The van der Waals surface area contributed by atoms with Gasteiger partial charge in [0.05, 0.1) is 17.2 Å². The molecule has 0 amide bonds. The highest BCUT2D eigenvalue weighted by Gasteiger charge is 2.13. The van der Waals surface area contributed by atoms with E-state index in [1.165, 1.54) is 0 Å². The molecule has 2 rings (SSSR count). The number of benzene rings is 1. The highest BCUT2D eigenvalue weighted by Crippen LogP contribution is 2.21. The lowest BCUT2D eigenvalue weighted by atomic mass is 10.0. The number of carbonyl (C=O) groups is 1. The third-order valence-electron chi connectivity index (χ3n) is 2.53. The number of fused-ring (bicyclic) bond motifs is 1. The lowest BCUT2D eigenvalue weighted by molar-refractivity contribution is 0.0380. The summed E-state index contributed by atoms with van der Waals surface area (Å²) >= 11 is 0. The van der Waals surface area contributed by atoms with E-state index >= 15 is 0 Å². The minimum Gasteiger partial charge on any atom is -0.459 e. The molecule has 0 N–H and O–H groups in total. The smallest absolute Gasteiger partial charge is 0.339 e. The highest BCUT2D eigenvalue weighted by atomic mass is 16.5. The second-order valence-corrected chi connectivity index (χ2v) is 4.28. The Bertz CT molecular complexity index is 561. The van der Waals surface area contributed by atoms with Crippen LogP contribution in [0.1, 0.15) is 29.8 Å². The third kappa shape index (κ3) is 2.28. The number of aryl methyl sites for hydroxylation is 1. The molecule has 0 fully saturated rings. The van der Waals surface area contributed by atoms with E-state index in [-0.39, 0.29) is 12.1 Å². The lowest BCUT2D eigenvalue weighted by Crippen LogP contribution is -2.12. The van der Waals surface area contributed by atoms with E-state index < -0.39 is 0 Å². The monoisotopic (exact) mass is 229 g/mol. The van der Waals surface area contributed by atoms with Crippen molar-refractivity contribution in [1.82, 2.24) is 4.98 Å². The van der Waals surface area contributed by atoms with Crippen molar-refractivity contribution in [2.75, 3.05) is 0 Å². The first kappa shape index (κ1) is 11.6. The van der Waals surface area contributed by atoms with Crippen molar-refractivity contribution in [3.8, 4) is 0 Å². The van der Waals surface area contributed by atoms with Crippen molar-refractivity contribution in [2.45, 2.75) is 26.9 Å². The normalized spacial score (nSPS) is 10.8. The summed E-state index contributed by atoms with van der Waals surface area (Å²) in [6, 6.07) is 7.41. The van der Waals surface area contributed by atoms with Crippen LogP contribution in [0.4, 0.5) is 0 Å². The third-order valence-corrected chi connectivity index (χ3v) is 2.53. The fraction of sp³-hybridized carbons (Fsp3) is 0.286. The van der Waals surface area contributed by atoms with Crippen LogP contribution in [-0.4, -0.2) is 17.1 Å². The fourth-order valence-electron chi connectivity index (χ4n) is 1.77. The van der Waals surface area contributed by atoms with Crippen LogP contribution < -0.4 is 0 Å². The van der Waals surface area contributed by atoms with Gasteiger partial charge in [-0.1, -0.05) is 12.1 Å². The second kappa shape index (κ2) is 4.53. The topological polar surface area (TPSA) is 39.2 Å². The van der Waals surface area contributed by atoms with Gasteiger partial charge in [0.25, 0.3) is 0 Å². The molecule has 0 aliphatic carbocycles. The number of rotatable bonds is 2. The standard InChI is InChI=1S/C14H15NO2/c1-9(2)17-14(16)12-7-6-10(3)13-11(12)5-4-8-15-13/h4-9H,1-3H3. The molecule has 0 aliphatic rings. The van der Waals surface area contributed by atoms with E-state index in [1.807, 2.05) is 39.0 Å². The van der Waals surface area contributed by atoms with Crippen LogP contribution in [0.3, 0.4) is 0 Å². The zero-order chi connectivity index (χ0) is 12.4. The van der Waals surface area contributed by atoms with Gasteiger partial charge in [0, 0.05) is 11.6 Å². The summed E-state index contributed by atoms with van der Waals surface area (Å²) in [5.74, 6) is -0.294. The van der Waals surface area contributed by atoms with Crippen LogP contribution in [0.25, 0.3) is 10.9 Å². The summed E-state index contributed by atoms with van der Waals surface area (Å²) in [5.41, 5.74) is 2.49. The van der Waals surface area contributed by atoms with Crippen molar-refractivity contribution in [3.63, 3.8) is 0 Å². The Hall–Kier alpha value is -1.90. The van der Waals surface area contributed by atoms with Crippen molar-refractivity contribution in [2.24, 2.45) is 0 Å². The Morgan fingerprint density at radius 2 is 2.06 bits per heavy atom. The quantitative estimate of drug-likeness (QED) is 0.743. The average molecular weight is 229 g/mol. The molecule has 0 spiro atoms. The number of hydrogen-bond donors (Lipinski definition) is 0. The van der Waals surface area contributed by atoms with Gasteiger partial charge in [-0.15, -0.1) is 0 Å². The zero-order valence-electron chi connectivity index (χ0n) is 10.2. The molecule has 3 heteroatoms. The van der Waals surface area contributed by atoms with E-state index in [0.29, 0.717) is 5.56 Å². The van der Waals surface area contributed by atoms with Crippen LogP contribution in [0, 0.1) is 6.92 Å². The minimum absolute atomic E-state index is 0.115. The summed E-state index contributed by atoms with van der Waals surface area (Å²) in [4.78, 5) is 16.2. The zero-order valence-corrected chi connectivity index (χ0v) is 10.2. The minimum atomic E-state index is -0.294. The molecule has 1 heterocycles. The van der Waals surface area contributed by atoms with Crippen LogP contribution in [0.2, 0.25) is 0 Å². The maximum atomic E-state index is 11.9.